The fourth-order valence-electron chi connectivity index (χ4n) is 2.62. The Morgan fingerprint density at radius 3 is 2.50 bits per heavy atom. The predicted molar refractivity (Wildman–Crippen MR) is 104 cm³/mol. The van der Waals surface area contributed by atoms with Crippen molar-refractivity contribution in [2.75, 3.05) is 7.11 Å². The largest absolute Gasteiger partial charge is 0.497 e. The van der Waals surface area contributed by atoms with Gasteiger partial charge >= 0.3 is 0 Å². The molecular formula is C20H14N6OS. The van der Waals surface area contributed by atoms with Gasteiger partial charge in [0.25, 0.3) is 0 Å². The van der Waals surface area contributed by atoms with Crippen molar-refractivity contribution in [1.82, 2.24) is 24.7 Å². The predicted octanol–water partition coefficient (Wildman–Crippen LogP) is 3.76. The molecule has 0 fully saturated rings. The van der Waals surface area contributed by atoms with Crippen LogP contribution in [0.3, 0.4) is 0 Å². The molecule has 0 aliphatic rings. The molecular weight excluding hydrogens is 372 g/mol. The Morgan fingerprint density at radius 2 is 1.79 bits per heavy atom. The van der Waals surface area contributed by atoms with Crippen molar-refractivity contribution in [3.8, 4) is 28.9 Å². The van der Waals surface area contributed by atoms with Gasteiger partial charge in [0, 0.05) is 18.0 Å². The van der Waals surface area contributed by atoms with Gasteiger partial charge in [0.05, 0.1) is 12.8 Å². The number of methoxy groups -OCH3 is 1. The van der Waals surface area contributed by atoms with Gasteiger partial charge < -0.3 is 4.74 Å². The lowest BCUT2D eigenvalue weighted by Gasteiger charge is -2.11. The standard InChI is InChI=1S/C20H14N6OS/c1-27-17-7-5-16(6-8-17)26-19(14-9-11-22-12-10-14)24-25-20(26)28-18-4-2-3-15(13-21)23-18/h2-12H,1H3. The molecule has 3 heterocycles. The lowest BCUT2D eigenvalue weighted by atomic mass is 10.2. The van der Waals surface area contributed by atoms with Gasteiger partial charge in [0.1, 0.15) is 22.5 Å². The first-order chi connectivity index (χ1) is 13.8. The van der Waals surface area contributed by atoms with Crippen LogP contribution in [0.5, 0.6) is 5.75 Å². The first kappa shape index (κ1) is 17.7. The normalized spacial score (nSPS) is 10.4. The van der Waals surface area contributed by atoms with E-state index in [9.17, 15) is 0 Å². The molecule has 4 rings (SSSR count). The summed E-state index contributed by atoms with van der Waals surface area (Å²) in [6, 6.07) is 18.8. The van der Waals surface area contributed by atoms with E-state index in [0.717, 1.165) is 17.0 Å². The second-order valence-electron chi connectivity index (χ2n) is 5.65. The molecule has 4 aromatic rings. The first-order valence-corrected chi connectivity index (χ1v) is 9.15. The molecule has 3 aromatic heterocycles. The molecule has 0 N–H and O–H groups in total. The molecule has 0 radical (unpaired) electrons. The molecule has 0 bridgehead atoms. The quantitative estimate of drug-likeness (QED) is 0.516. The number of hydrogen-bond donors (Lipinski definition) is 0. The Kier molecular flexibility index (Phi) is 4.99. The van der Waals surface area contributed by atoms with E-state index in [2.05, 4.69) is 26.2 Å². The van der Waals surface area contributed by atoms with E-state index >= 15 is 0 Å². The Balaban J connectivity index is 1.82. The fourth-order valence-corrected chi connectivity index (χ4v) is 3.46. The van der Waals surface area contributed by atoms with Crippen LogP contribution in [0.15, 0.2) is 77.2 Å². The molecule has 0 spiro atoms. The van der Waals surface area contributed by atoms with Gasteiger partial charge in [-0.1, -0.05) is 6.07 Å². The summed E-state index contributed by atoms with van der Waals surface area (Å²) in [6.07, 6.45) is 3.43. The number of nitriles is 1. The minimum absolute atomic E-state index is 0.356. The van der Waals surface area contributed by atoms with Crippen LogP contribution in [-0.2, 0) is 0 Å². The molecule has 0 saturated carbocycles. The molecule has 136 valence electrons. The Morgan fingerprint density at radius 1 is 1.00 bits per heavy atom. The second kappa shape index (κ2) is 7.90. The maximum Gasteiger partial charge on any atom is 0.202 e. The van der Waals surface area contributed by atoms with Crippen LogP contribution in [0, 0.1) is 11.3 Å². The van der Waals surface area contributed by atoms with E-state index in [4.69, 9.17) is 10.00 Å². The van der Waals surface area contributed by atoms with Crippen LogP contribution in [0.2, 0.25) is 0 Å². The Hall–Kier alpha value is -3.70. The summed E-state index contributed by atoms with van der Waals surface area (Å²) in [5, 5.41) is 19.1. The summed E-state index contributed by atoms with van der Waals surface area (Å²) in [4.78, 5) is 8.39. The van der Waals surface area contributed by atoms with Gasteiger partial charge in [-0.15, -0.1) is 10.2 Å². The molecule has 0 aliphatic carbocycles. The van der Waals surface area contributed by atoms with Gasteiger partial charge in [-0.05, 0) is 60.3 Å². The summed E-state index contributed by atoms with van der Waals surface area (Å²) < 4.78 is 7.20. The third-order valence-electron chi connectivity index (χ3n) is 3.94. The Labute approximate surface area is 165 Å². The monoisotopic (exact) mass is 386 g/mol. The lowest BCUT2D eigenvalue weighted by molar-refractivity contribution is 0.414. The molecule has 8 heteroatoms. The molecule has 28 heavy (non-hydrogen) atoms. The van der Waals surface area contributed by atoms with Crippen LogP contribution in [-0.4, -0.2) is 31.8 Å². The van der Waals surface area contributed by atoms with Crippen molar-refractivity contribution in [3.63, 3.8) is 0 Å². The lowest BCUT2D eigenvalue weighted by Crippen LogP contribution is -2.00. The van der Waals surface area contributed by atoms with Crippen molar-refractivity contribution >= 4 is 11.8 Å². The van der Waals surface area contributed by atoms with Gasteiger partial charge in [0.15, 0.2) is 5.82 Å². The highest BCUT2D eigenvalue weighted by molar-refractivity contribution is 7.99. The summed E-state index contributed by atoms with van der Waals surface area (Å²) in [6.45, 7) is 0. The van der Waals surface area contributed by atoms with Crippen molar-refractivity contribution < 1.29 is 4.74 Å². The number of nitrogens with zero attached hydrogens (tertiary/aromatic N) is 6. The summed E-state index contributed by atoms with van der Waals surface area (Å²) in [5.74, 6) is 1.45. The zero-order valence-electron chi connectivity index (χ0n) is 14.9. The number of ether oxygens (including phenoxy) is 1. The second-order valence-corrected chi connectivity index (χ2v) is 6.64. The minimum atomic E-state index is 0.356. The molecule has 7 nitrogen and oxygen atoms in total. The van der Waals surface area contributed by atoms with E-state index < -0.39 is 0 Å². The smallest absolute Gasteiger partial charge is 0.202 e. The van der Waals surface area contributed by atoms with Gasteiger partial charge in [0.2, 0.25) is 5.16 Å². The number of pyridine rings is 2. The van der Waals surface area contributed by atoms with E-state index in [1.807, 2.05) is 47.0 Å². The van der Waals surface area contributed by atoms with Crippen molar-refractivity contribution in [2.24, 2.45) is 0 Å². The van der Waals surface area contributed by atoms with E-state index in [-0.39, 0.29) is 0 Å². The Bertz CT molecular complexity index is 1140. The van der Waals surface area contributed by atoms with Crippen molar-refractivity contribution in [2.45, 2.75) is 10.2 Å². The zero-order valence-corrected chi connectivity index (χ0v) is 15.7. The maximum atomic E-state index is 9.09. The third kappa shape index (κ3) is 3.56. The van der Waals surface area contributed by atoms with Crippen LogP contribution in [0.1, 0.15) is 5.69 Å². The van der Waals surface area contributed by atoms with Gasteiger partial charge in [-0.3, -0.25) is 9.55 Å². The molecule has 0 aliphatic heterocycles. The molecule has 0 saturated heterocycles. The molecule has 0 unspecified atom stereocenters. The summed E-state index contributed by atoms with van der Waals surface area (Å²) >= 11 is 1.34. The van der Waals surface area contributed by atoms with Crippen LogP contribution in [0.25, 0.3) is 17.1 Å². The number of hydrogen-bond acceptors (Lipinski definition) is 7. The third-order valence-corrected chi connectivity index (χ3v) is 4.82. The van der Waals surface area contributed by atoms with Crippen LogP contribution >= 0.6 is 11.8 Å². The van der Waals surface area contributed by atoms with Crippen LogP contribution in [0.4, 0.5) is 0 Å². The van der Waals surface area contributed by atoms with Gasteiger partial charge in [-0.2, -0.15) is 5.26 Å². The van der Waals surface area contributed by atoms with Crippen molar-refractivity contribution in [3.05, 3.63) is 72.7 Å². The number of rotatable bonds is 5. The first-order valence-electron chi connectivity index (χ1n) is 8.34. The number of benzene rings is 1. The molecule has 0 amide bonds. The average Bonchev–Trinajstić information content (AvgIpc) is 3.18. The maximum absolute atomic E-state index is 9.09. The van der Waals surface area contributed by atoms with Crippen molar-refractivity contribution in [1.29, 1.82) is 5.26 Å². The van der Waals surface area contributed by atoms with Crippen LogP contribution < -0.4 is 4.74 Å². The summed E-state index contributed by atoms with van der Waals surface area (Å²) in [7, 11) is 1.63. The highest BCUT2D eigenvalue weighted by Gasteiger charge is 2.17. The minimum Gasteiger partial charge on any atom is -0.497 e. The van der Waals surface area contributed by atoms with E-state index in [1.165, 1.54) is 11.8 Å². The fraction of sp³-hybridized carbons (Fsp3) is 0.0500. The topological polar surface area (TPSA) is 89.5 Å². The van der Waals surface area contributed by atoms with E-state index in [0.29, 0.717) is 21.7 Å². The van der Waals surface area contributed by atoms with E-state index in [1.54, 1.807) is 31.6 Å². The zero-order chi connectivity index (χ0) is 19.3. The highest BCUT2D eigenvalue weighted by Crippen LogP contribution is 2.31. The molecule has 1 aromatic carbocycles. The SMILES string of the molecule is COc1ccc(-n2c(Sc3cccc(C#N)n3)nnc2-c2ccncc2)cc1. The average molecular weight is 386 g/mol. The number of aromatic nitrogens is 5. The summed E-state index contributed by atoms with van der Waals surface area (Å²) in [5.41, 5.74) is 2.13. The van der Waals surface area contributed by atoms with Gasteiger partial charge in [-0.25, -0.2) is 4.98 Å². The molecule has 0 atom stereocenters. The highest BCUT2D eigenvalue weighted by atomic mass is 32.2.